The number of benzene rings is 3. The van der Waals surface area contributed by atoms with Gasteiger partial charge in [-0.1, -0.05) is 30.3 Å². The summed E-state index contributed by atoms with van der Waals surface area (Å²) in [5.41, 5.74) is 3.23. The first-order valence-electron chi connectivity index (χ1n) is 7.91. The van der Waals surface area contributed by atoms with Crippen LogP contribution in [0.15, 0.2) is 60.7 Å². The van der Waals surface area contributed by atoms with E-state index in [9.17, 15) is 5.26 Å². The minimum Gasteiger partial charge on any atom is -0.497 e. The van der Waals surface area contributed by atoms with Gasteiger partial charge in [0.25, 0.3) is 0 Å². The number of rotatable bonds is 3. The highest BCUT2D eigenvalue weighted by Gasteiger charge is 2.08. The zero-order chi connectivity index (χ0) is 17.2. The van der Waals surface area contributed by atoms with Crippen molar-refractivity contribution in [2.45, 2.75) is 0 Å². The van der Waals surface area contributed by atoms with Crippen molar-refractivity contribution in [2.24, 2.45) is 0 Å². The number of nitrogens with zero attached hydrogens (tertiary/aromatic N) is 2. The molecule has 0 saturated carbocycles. The van der Waals surface area contributed by atoms with Crippen LogP contribution in [0.2, 0.25) is 0 Å². The summed E-state index contributed by atoms with van der Waals surface area (Å²) in [5, 5.41) is 11.7. The van der Waals surface area contributed by atoms with Gasteiger partial charge in [-0.2, -0.15) is 5.26 Å². The zero-order valence-corrected chi connectivity index (χ0v) is 13.7. The number of aromatic nitrogens is 2. The Bertz CT molecular complexity index is 1120. The molecule has 0 spiro atoms. The molecule has 0 atom stereocenters. The van der Waals surface area contributed by atoms with E-state index in [1.807, 2.05) is 60.7 Å². The van der Waals surface area contributed by atoms with E-state index in [2.05, 4.69) is 22.1 Å². The predicted molar refractivity (Wildman–Crippen MR) is 100 cm³/mol. The van der Waals surface area contributed by atoms with Gasteiger partial charge in [0, 0.05) is 0 Å². The predicted octanol–water partition coefficient (Wildman–Crippen LogP) is 4.79. The van der Waals surface area contributed by atoms with Gasteiger partial charge in [-0.3, -0.25) is 0 Å². The monoisotopic (exact) mass is 325 g/mol. The molecule has 0 fully saturated rings. The molecule has 3 aromatic carbocycles. The molecule has 4 rings (SSSR count). The Balaban J connectivity index is 1.77. The van der Waals surface area contributed by atoms with Crippen LogP contribution in [-0.4, -0.2) is 17.1 Å². The standard InChI is InChI=1S/C21H15N3O/c1-25-18-9-8-15-10-14(6-7-16(15)12-18)11-17(13-22)21-23-19-4-2-3-5-20(19)24-21/h2-12H,1H3,(H,23,24)/b17-11+. The lowest BCUT2D eigenvalue weighted by molar-refractivity contribution is 0.415. The first-order chi connectivity index (χ1) is 12.3. The van der Waals surface area contributed by atoms with E-state index < -0.39 is 0 Å². The number of methoxy groups -OCH3 is 1. The maximum Gasteiger partial charge on any atom is 0.149 e. The van der Waals surface area contributed by atoms with E-state index in [1.165, 1.54) is 0 Å². The second-order valence-electron chi connectivity index (χ2n) is 5.74. The lowest BCUT2D eigenvalue weighted by atomic mass is 10.0. The maximum atomic E-state index is 9.55. The minimum absolute atomic E-state index is 0.504. The molecule has 0 amide bonds. The molecule has 0 radical (unpaired) electrons. The van der Waals surface area contributed by atoms with Crippen LogP contribution in [0.25, 0.3) is 33.5 Å². The third-order valence-corrected chi connectivity index (χ3v) is 4.15. The highest BCUT2D eigenvalue weighted by Crippen LogP contribution is 2.24. The normalized spacial score (nSPS) is 11.6. The molecular formula is C21H15N3O. The summed E-state index contributed by atoms with van der Waals surface area (Å²) >= 11 is 0. The molecule has 25 heavy (non-hydrogen) atoms. The van der Waals surface area contributed by atoms with E-state index in [0.717, 1.165) is 33.1 Å². The van der Waals surface area contributed by atoms with Crippen LogP contribution >= 0.6 is 0 Å². The van der Waals surface area contributed by atoms with Crippen molar-refractivity contribution < 1.29 is 4.74 Å². The summed E-state index contributed by atoms with van der Waals surface area (Å²) in [4.78, 5) is 7.70. The number of hydrogen-bond donors (Lipinski definition) is 1. The molecule has 120 valence electrons. The Morgan fingerprint density at radius 3 is 2.68 bits per heavy atom. The average molecular weight is 325 g/mol. The number of nitriles is 1. The Morgan fingerprint density at radius 2 is 1.88 bits per heavy atom. The lowest BCUT2D eigenvalue weighted by Crippen LogP contribution is -1.86. The lowest BCUT2D eigenvalue weighted by Gasteiger charge is -2.04. The van der Waals surface area contributed by atoms with Crippen molar-refractivity contribution in [1.29, 1.82) is 5.26 Å². The van der Waals surface area contributed by atoms with Crippen molar-refractivity contribution in [1.82, 2.24) is 9.97 Å². The Labute approximate surface area is 145 Å². The van der Waals surface area contributed by atoms with E-state index >= 15 is 0 Å². The number of ether oxygens (including phenoxy) is 1. The molecule has 4 nitrogen and oxygen atoms in total. The fourth-order valence-corrected chi connectivity index (χ4v) is 2.86. The number of para-hydroxylation sites is 2. The molecule has 0 aliphatic carbocycles. The van der Waals surface area contributed by atoms with Gasteiger partial charge in [0.2, 0.25) is 0 Å². The number of H-pyrrole nitrogens is 1. The van der Waals surface area contributed by atoms with Gasteiger partial charge in [0.1, 0.15) is 17.6 Å². The van der Waals surface area contributed by atoms with Crippen LogP contribution in [0.1, 0.15) is 11.4 Å². The summed E-state index contributed by atoms with van der Waals surface area (Å²) in [5.74, 6) is 1.41. The van der Waals surface area contributed by atoms with Gasteiger partial charge in [-0.05, 0) is 52.7 Å². The topological polar surface area (TPSA) is 61.7 Å². The second kappa shape index (κ2) is 6.14. The maximum absolute atomic E-state index is 9.55. The van der Waals surface area contributed by atoms with Gasteiger partial charge in [0.05, 0.1) is 23.7 Å². The van der Waals surface area contributed by atoms with Crippen LogP contribution in [0.4, 0.5) is 0 Å². The highest BCUT2D eigenvalue weighted by molar-refractivity contribution is 5.93. The van der Waals surface area contributed by atoms with Crippen LogP contribution in [0.3, 0.4) is 0 Å². The van der Waals surface area contributed by atoms with E-state index in [1.54, 1.807) is 7.11 Å². The fraction of sp³-hybridized carbons (Fsp3) is 0.0476. The molecule has 1 aromatic heterocycles. The number of fused-ring (bicyclic) bond motifs is 2. The SMILES string of the molecule is COc1ccc2cc(/C=C(\C#N)c3nc4ccccc4[nH]3)ccc2c1. The van der Waals surface area contributed by atoms with Crippen molar-refractivity contribution in [2.75, 3.05) is 7.11 Å². The van der Waals surface area contributed by atoms with Crippen molar-refractivity contribution in [3.8, 4) is 11.8 Å². The number of hydrogen-bond acceptors (Lipinski definition) is 3. The first kappa shape index (κ1) is 15.0. The highest BCUT2D eigenvalue weighted by atomic mass is 16.5. The number of imidazole rings is 1. The largest absolute Gasteiger partial charge is 0.497 e. The van der Waals surface area contributed by atoms with Crippen molar-refractivity contribution in [3.05, 3.63) is 72.1 Å². The molecular weight excluding hydrogens is 310 g/mol. The number of allylic oxidation sites excluding steroid dienone is 1. The molecule has 1 N–H and O–H groups in total. The van der Waals surface area contributed by atoms with Gasteiger partial charge < -0.3 is 9.72 Å². The first-order valence-corrected chi connectivity index (χ1v) is 7.91. The smallest absolute Gasteiger partial charge is 0.149 e. The van der Waals surface area contributed by atoms with E-state index in [4.69, 9.17) is 4.74 Å². The quantitative estimate of drug-likeness (QED) is 0.551. The third-order valence-electron chi connectivity index (χ3n) is 4.15. The van der Waals surface area contributed by atoms with Gasteiger partial charge in [-0.15, -0.1) is 0 Å². The summed E-state index contributed by atoms with van der Waals surface area (Å²) in [6.07, 6.45) is 1.85. The Morgan fingerprint density at radius 1 is 1.08 bits per heavy atom. The molecule has 0 aliphatic rings. The summed E-state index contributed by atoms with van der Waals surface area (Å²) < 4.78 is 5.25. The zero-order valence-electron chi connectivity index (χ0n) is 13.7. The second-order valence-corrected chi connectivity index (χ2v) is 5.74. The van der Waals surface area contributed by atoms with Crippen molar-refractivity contribution >= 4 is 33.5 Å². The Kier molecular flexibility index (Phi) is 3.68. The van der Waals surface area contributed by atoms with Gasteiger partial charge in [0.15, 0.2) is 0 Å². The van der Waals surface area contributed by atoms with Crippen LogP contribution in [-0.2, 0) is 0 Å². The summed E-state index contributed by atoms with van der Waals surface area (Å²) in [6.45, 7) is 0. The molecule has 0 saturated heterocycles. The summed E-state index contributed by atoms with van der Waals surface area (Å²) in [7, 11) is 1.66. The average Bonchev–Trinajstić information content (AvgIpc) is 3.09. The molecule has 1 heterocycles. The molecule has 0 unspecified atom stereocenters. The van der Waals surface area contributed by atoms with E-state index in [-0.39, 0.29) is 0 Å². The number of aromatic amines is 1. The van der Waals surface area contributed by atoms with Gasteiger partial charge in [-0.25, -0.2) is 4.98 Å². The van der Waals surface area contributed by atoms with Crippen LogP contribution in [0.5, 0.6) is 5.75 Å². The number of nitrogens with one attached hydrogen (secondary N) is 1. The molecule has 4 aromatic rings. The van der Waals surface area contributed by atoms with Crippen LogP contribution in [0, 0.1) is 11.3 Å². The Hall–Kier alpha value is -3.58. The minimum atomic E-state index is 0.504. The van der Waals surface area contributed by atoms with Gasteiger partial charge >= 0.3 is 0 Å². The fourth-order valence-electron chi connectivity index (χ4n) is 2.86. The molecule has 4 heteroatoms. The van der Waals surface area contributed by atoms with Crippen LogP contribution < -0.4 is 4.74 Å². The van der Waals surface area contributed by atoms with E-state index in [0.29, 0.717) is 11.4 Å². The third kappa shape index (κ3) is 2.84. The molecule has 0 bridgehead atoms. The summed E-state index contributed by atoms with van der Waals surface area (Å²) in [6, 6.07) is 22.0. The molecule has 0 aliphatic heterocycles. The van der Waals surface area contributed by atoms with Crippen molar-refractivity contribution in [3.63, 3.8) is 0 Å².